The molecule has 0 unspecified atom stereocenters. The second-order valence-corrected chi connectivity index (χ2v) is 10.8. The smallest absolute Gasteiger partial charge is 0.305 e. The van der Waals surface area contributed by atoms with E-state index in [4.69, 9.17) is 11.6 Å². The summed E-state index contributed by atoms with van der Waals surface area (Å²) in [6, 6.07) is 14.7. The summed E-state index contributed by atoms with van der Waals surface area (Å²) in [7, 11) is -2.22. The molecule has 1 N–H and O–H groups in total. The van der Waals surface area contributed by atoms with Gasteiger partial charge in [0.15, 0.2) is 0 Å². The minimum absolute atomic E-state index is 0.167. The molecule has 174 valence electrons. The average Bonchev–Trinajstić information content (AvgIpc) is 2.78. The van der Waals surface area contributed by atoms with Crippen molar-refractivity contribution in [2.45, 2.75) is 74.6 Å². The third kappa shape index (κ3) is 7.06. The van der Waals surface area contributed by atoms with Crippen LogP contribution in [0.2, 0.25) is 5.02 Å². The summed E-state index contributed by atoms with van der Waals surface area (Å²) in [6.45, 7) is 0. The van der Waals surface area contributed by atoms with E-state index in [9.17, 15) is 13.2 Å². The summed E-state index contributed by atoms with van der Waals surface area (Å²) in [6.07, 6.45) is 8.59. The Labute approximate surface area is 196 Å². The van der Waals surface area contributed by atoms with Gasteiger partial charge in [-0.05, 0) is 73.9 Å². The second-order valence-electron chi connectivity index (χ2n) is 8.68. The van der Waals surface area contributed by atoms with Crippen LogP contribution >= 0.6 is 11.6 Å². The van der Waals surface area contributed by atoms with Crippen LogP contribution in [0.3, 0.4) is 0 Å². The molecule has 0 saturated heterocycles. The monoisotopic (exact) mass is 477 g/mol. The summed E-state index contributed by atoms with van der Waals surface area (Å²) in [5.74, 6) is -0.167. The first kappa shape index (κ1) is 24.7. The zero-order chi connectivity index (χ0) is 23.0. The van der Waals surface area contributed by atoms with Crippen molar-refractivity contribution in [2.24, 2.45) is 0 Å². The molecule has 1 fully saturated rings. The van der Waals surface area contributed by atoms with E-state index in [1.165, 1.54) is 12.7 Å². The zero-order valence-electron chi connectivity index (χ0n) is 18.6. The number of carbonyl (C=O) groups excluding carboxylic acids is 1. The fraction of sp³-hybridized carbons (Fsp3) is 0.480. The number of aryl methyl sites for hydroxylation is 1. The molecular formula is C25H32ClNO4S. The Morgan fingerprint density at radius 3 is 2.22 bits per heavy atom. The zero-order valence-corrected chi connectivity index (χ0v) is 20.2. The molecule has 32 heavy (non-hydrogen) atoms. The van der Waals surface area contributed by atoms with Gasteiger partial charge in [-0.1, -0.05) is 55.1 Å². The van der Waals surface area contributed by atoms with Gasteiger partial charge in [-0.3, -0.25) is 4.79 Å². The number of carbonyl (C=O) groups is 1. The number of hydrogen-bond acceptors (Lipinski definition) is 4. The molecule has 1 aliphatic rings. The Bertz CT molecular complexity index is 982. The summed E-state index contributed by atoms with van der Waals surface area (Å²) >= 11 is 5.93. The van der Waals surface area contributed by atoms with Gasteiger partial charge in [-0.25, -0.2) is 13.1 Å². The van der Waals surface area contributed by atoms with Crippen LogP contribution in [0.15, 0.2) is 53.4 Å². The van der Waals surface area contributed by atoms with E-state index >= 15 is 0 Å². The highest BCUT2D eigenvalue weighted by Gasteiger charge is 2.36. The number of methoxy groups -OCH3 is 1. The minimum Gasteiger partial charge on any atom is -0.469 e. The van der Waals surface area contributed by atoms with Crippen LogP contribution in [-0.2, 0) is 32.4 Å². The molecule has 0 aromatic heterocycles. The van der Waals surface area contributed by atoms with Gasteiger partial charge >= 0.3 is 5.97 Å². The number of rotatable bonds is 10. The fourth-order valence-corrected chi connectivity index (χ4v) is 6.00. The number of ether oxygens (including phenoxy) is 1. The van der Waals surface area contributed by atoms with Gasteiger partial charge in [0.2, 0.25) is 10.0 Å². The lowest BCUT2D eigenvalue weighted by molar-refractivity contribution is -0.140. The van der Waals surface area contributed by atoms with Crippen molar-refractivity contribution in [3.8, 4) is 0 Å². The lowest BCUT2D eigenvalue weighted by Gasteiger charge is -2.38. The normalized spacial score (nSPS) is 15.9. The van der Waals surface area contributed by atoms with E-state index in [1.807, 2.05) is 0 Å². The number of hydrogen-bond donors (Lipinski definition) is 1. The Morgan fingerprint density at radius 2 is 1.59 bits per heavy atom. The van der Waals surface area contributed by atoms with Gasteiger partial charge in [0, 0.05) is 17.0 Å². The van der Waals surface area contributed by atoms with Crippen LogP contribution in [-0.4, -0.2) is 27.0 Å². The Kier molecular flexibility index (Phi) is 8.74. The first-order chi connectivity index (χ1) is 15.3. The van der Waals surface area contributed by atoms with E-state index in [1.54, 1.807) is 24.3 Å². The number of sulfonamides is 1. The molecule has 0 spiro atoms. The van der Waals surface area contributed by atoms with Crippen LogP contribution in [0.25, 0.3) is 0 Å². The number of nitrogens with one attached hydrogen (secondary N) is 1. The van der Waals surface area contributed by atoms with Crippen molar-refractivity contribution >= 4 is 27.6 Å². The molecule has 0 bridgehead atoms. The summed E-state index contributed by atoms with van der Waals surface area (Å²) in [5, 5.41) is 0.515. The van der Waals surface area contributed by atoms with Crippen LogP contribution in [0.1, 0.15) is 62.5 Å². The van der Waals surface area contributed by atoms with Gasteiger partial charge < -0.3 is 4.74 Å². The third-order valence-electron chi connectivity index (χ3n) is 6.17. The molecule has 5 nitrogen and oxygen atoms in total. The van der Waals surface area contributed by atoms with Crippen molar-refractivity contribution in [1.82, 2.24) is 4.72 Å². The Balaban J connectivity index is 1.66. The van der Waals surface area contributed by atoms with Crippen LogP contribution in [0.4, 0.5) is 0 Å². The fourth-order valence-electron chi connectivity index (χ4n) is 4.42. The van der Waals surface area contributed by atoms with Crippen molar-refractivity contribution < 1.29 is 17.9 Å². The lowest BCUT2D eigenvalue weighted by atomic mass is 9.78. The van der Waals surface area contributed by atoms with Crippen molar-refractivity contribution in [1.29, 1.82) is 0 Å². The first-order valence-corrected chi connectivity index (χ1v) is 13.1. The Hall–Kier alpha value is -1.89. The highest BCUT2D eigenvalue weighted by atomic mass is 35.5. The molecule has 0 aliphatic heterocycles. The number of halogens is 1. The SMILES string of the molecule is COC(=O)CCCCc1ccc(CC2(NS(=O)(=O)c3ccc(Cl)cc3)CCCCC2)cc1. The highest BCUT2D eigenvalue weighted by Crippen LogP contribution is 2.33. The van der Waals surface area contributed by atoms with Crippen molar-refractivity contribution in [2.75, 3.05) is 7.11 Å². The maximum atomic E-state index is 13.1. The topological polar surface area (TPSA) is 72.5 Å². The molecule has 7 heteroatoms. The predicted molar refractivity (Wildman–Crippen MR) is 127 cm³/mol. The maximum Gasteiger partial charge on any atom is 0.305 e. The largest absolute Gasteiger partial charge is 0.469 e. The van der Waals surface area contributed by atoms with E-state index in [0.29, 0.717) is 17.9 Å². The highest BCUT2D eigenvalue weighted by molar-refractivity contribution is 7.89. The number of unbranched alkanes of at least 4 members (excludes halogenated alkanes) is 1. The van der Waals surface area contributed by atoms with E-state index in [0.717, 1.165) is 56.9 Å². The standard InChI is InChI=1S/C25H32ClNO4S/c1-31-24(28)8-4-3-7-20-9-11-21(12-10-20)19-25(17-5-2-6-18-25)27-32(29,30)23-15-13-22(26)14-16-23/h9-16,27H,2-8,17-19H2,1H3. The summed E-state index contributed by atoms with van der Waals surface area (Å²) < 4.78 is 33.9. The Morgan fingerprint density at radius 1 is 0.969 bits per heavy atom. The molecule has 1 saturated carbocycles. The van der Waals surface area contributed by atoms with Crippen LogP contribution in [0.5, 0.6) is 0 Å². The van der Waals surface area contributed by atoms with Gasteiger partial charge in [-0.15, -0.1) is 0 Å². The van der Waals surface area contributed by atoms with Gasteiger partial charge in [0.05, 0.1) is 12.0 Å². The van der Waals surface area contributed by atoms with Crippen LogP contribution < -0.4 is 4.72 Å². The minimum atomic E-state index is -3.63. The first-order valence-electron chi connectivity index (χ1n) is 11.3. The summed E-state index contributed by atoms with van der Waals surface area (Å²) in [5.41, 5.74) is 1.88. The number of esters is 1. The maximum absolute atomic E-state index is 13.1. The van der Waals surface area contributed by atoms with Gasteiger partial charge in [0.1, 0.15) is 0 Å². The van der Waals surface area contributed by atoms with E-state index in [-0.39, 0.29) is 10.9 Å². The third-order valence-corrected chi connectivity index (χ3v) is 8.02. The molecule has 2 aromatic rings. The summed E-state index contributed by atoms with van der Waals surface area (Å²) in [4.78, 5) is 11.5. The predicted octanol–water partition coefficient (Wildman–Crippen LogP) is 5.45. The molecule has 0 amide bonds. The molecule has 0 atom stereocenters. The van der Waals surface area contributed by atoms with Crippen molar-refractivity contribution in [3.63, 3.8) is 0 Å². The molecular weight excluding hydrogens is 446 g/mol. The number of benzene rings is 2. The van der Waals surface area contributed by atoms with E-state index < -0.39 is 15.6 Å². The molecule has 0 radical (unpaired) electrons. The van der Waals surface area contributed by atoms with Crippen molar-refractivity contribution in [3.05, 3.63) is 64.7 Å². The molecule has 0 heterocycles. The van der Waals surface area contributed by atoms with Crippen LogP contribution in [0, 0.1) is 0 Å². The van der Waals surface area contributed by atoms with Gasteiger partial charge in [-0.2, -0.15) is 0 Å². The quantitative estimate of drug-likeness (QED) is 0.365. The second kappa shape index (κ2) is 11.3. The molecule has 1 aliphatic carbocycles. The van der Waals surface area contributed by atoms with E-state index in [2.05, 4.69) is 33.7 Å². The lowest BCUT2D eigenvalue weighted by Crippen LogP contribution is -2.51. The van der Waals surface area contributed by atoms with Gasteiger partial charge in [0.25, 0.3) is 0 Å². The average molecular weight is 478 g/mol. The molecule has 3 rings (SSSR count). The molecule has 2 aromatic carbocycles.